The highest BCUT2D eigenvalue weighted by molar-refractivity contribution is 5.31. The van der Waals surface area contributed by atoms with Crippen molar-refractivity contribution in [3.05, 3.63) is 47.5 Å². The third-order valence-corrected chi connectivity index (χ3v) is 4.75. The van der Waals surface area contributed by atoms with E-state index in [2.05, 4.69) is 30.3 Å². The number of rotatable bonds is 6. The monoisotopic (exact) mass is 292 g/mol. The van der Waals surface area contributed by atoms with Gasteiger partial charge in [0.2, 0.25) is 0 Å². The van der Waals surface area contributed by atoms with E-state index in [9.17, 15) is 0 Å². The summed E-state index contributed by atoms with van der Waals surface area (Å²) >= 11 is 0. The Kier molecular flexibility index (Phi) is 6.72. The van der Waals surface area contributed by atoms with Crippen LogP contribution in [0.15, 0.2) is 36.4 Å². The second-order valence-corrected chi connectivity index (χ2v) is 6.32. The van der Waals surface area contributed by atoms with Crippen LogP contribution in [0.5, 0.6) is 0 Å². The molecule has 1 saturated carbocycles. The summed E-state index contributed by atoms with van der Waals surface area (Å²) < 4.78 is 0. The van der Waals surface area contributed by atoms with E-state index in [0.717, 1.165) is 17.9 Å². The number of benzene rings is 1. The molecule has 2 heteroatoms. The summed E-state index contributed by atoms with van der Waals surface area (Å²) in [5.41, 5.74) is 2.08. The molecule has 0 amide bonds. The molecule has 1 aliphatic carbocycles. The van der Waals surface area contributed by atoms with Crippen LogP contribution in [0.4, 0.5) is 0 Å². The van der Waals surface area contributed by atoms with Gasteiger partial charge in [-0.15, -0.1) is 0 Å². The third-order valence-electron chi connectivity index (χ3n) is 4.75. The van der Waals surface area contributed by atoms with Crippen molar-refractivity contribution < 1.29 is 0 Å². The highest BCUT2D eigenvalue weighted by Crippen LogP contribution is 2.32. The first-order valence-corrected chi connectivity index (χ1v) is 8.37. The van der Waals surface area contributed by atoms with E-state index in [1.54, 1.807) is 6.08 Å². The summed E-state index contributed by atoms with van der Waals surface area (Å²) in [6.07, 6.45) is 13.8. The van der Waals surface area contributed by atoms with Gasteiger partial charge < -0.3 is 0 Å². The van der Waals surface area contributed by atoms with Gasteiger partial charge in [0, 0.05) is 6.08 Å². The molecule has 0 atom stereocenters. The third kappa shape index (κ3) is 5.38. The molecule has 0 heterocycles. The Morgan fingerprint density at radius 3 is 2.36 bits per heavy atom. The van der Waals surface area contributed by atoms with Crippen LogP contribution in [0.3, 0.4) is 0 Å². The van der Waals surface area contributed by atoms with E-state index in [0.29, 0.717) is 5.92 Å². The Labute approximate surface area is 134 Å². The Morgan fingerprint density at radius 2 is 1.73 bits per heavy atom. The van der Waals surface area contributed by atoms with Gasteiger partial charge in [0.05, 0.1) is 17.7 Å². The summed E-state index contributed by atoms with van der Waals surface area (Å²) in [7, 11) is 0. The zero-order valence-corrected chi connectivity index (χ0v) is 13.2. The van der Waals surface area contributed by atoms with Crippen molar-refractivity contribution in [2.45, 2.75) is 51.4 Å². The Bertz CT molecular complexity index is 549. The lowest BCUT2D eigenvalue weighted by Gasteiger charge is -2.26. The SMILES string of the molecule is N#C/C=C/[C@H]1CC[C@H](CCCCc2ccc(C#N)cc2)CC1. The van der Waals surface area contributed by atoms with Crippen LogP contribution >= 0.6 is 0 Å². The first-order chi connectivity index (χ1) is 10.8. The Morgan fingerprint density at radius 1 is 1.00 bits per heavy atom. The molecule has 2 rings (SSSR count). The van der Waals surface area contributed by atoms with E-state index in [4.69, 9.17) is 10.5 Å². The van der Waals surface area contributed by atoms with Gasteiger partial charge in [-0.2, -0.15) is 10.5 Å². The van der Waals surface area contributed by atoms with Crippen molar-refractivity contribution in [1.82, 2.24) is 0 Å². The largest absolute Gasteiger partial charge is 0.193 e. The van der Waals surface area contributed by atoms with E-state index >= 15 is 0 Å². The maximum absolute atomic E-state index is 8.78. The van der Waals surface area contributed by atoms with Crippen LogP contribution in [0, 0.1) is 34.5 Å². The molecular formula is C20H24N2. The van der Waals surface area contributed by atoms with E-state index < -0.39 is 0 Å². The molecule has 0 bridgehead atoms. The molecule has 0 unspecified atom stereocenters. The van der Waals surface area contributed by atoms with Gasteiger partial charge in [0.25, 0.3) is 0 Å². The van der Waals surface area contributed by atoms with Crippen molar-refractivity contribution in [2.75, 3.05) is 0 Å². The van der Waals surface area contributed by atoms with Crippen LogP contribution in [0.1, 0.15) is 56.1 Å². The zero-order valence-electron chi connectivity index (χ0n) is 13.2. The quantitative estimate of drug-likeness (QED) is 0.537. The molecule has 1 aromatic rings. The van der Waals surface area contributed by atoms with Gasteiger partial charge in [-0.1, -0.05) is 31.1 Å². The average Bonchev–Trinajstić information content (AvgIpc) is 2.58. The fraction of sp³-hybridized carbons (Fsp3) is 0.500. The fourth-order valence-electron chi connectivity index (χ4n) is 3.36. The van der Waals surface area contributed by atoms with Gasteiger partial charge >= 0.3 is 0 Å². The molecular weight excluding hydrogens is 268 g/mol. The molecule has 0 aliphatic heterocycles. The average molecular weight is 292 g/mol. The summed E-state index contributed by atoms with van der Waals surface area (Å²) in [6, 6.07) is 12.2. The van der Waals surface area contributed by atoms with Crippen LogP contribution in [0.25, 0.3) is 0 Å². The van der Waals surface area contributed by atoms with E-state index in [1.165, 1.54) is 50.5 Å². The second-order valence-electron chi connectivity index (χ2n) is 6.32. The Hall–Kier alpha value is -2.06. The second kappa shape index (κ2) is 9.06. The maximum atomic E-state index is 8.78. The molecule has 1 fully saturated rings. The molecule has 0 radical (unpaired) electrons. The molecule has 1 aliphatic rings. The predicted octanol–water partition coefficient (Wildman–Crippen LogP) is 5.16. The van der Waals surface area contributed by atoms with Crippen molar-refractivity contribution in [3.8, 4) is 12.1 Å². The molecule has 22 heavy (non-hydrogen) atoms. The minimum atomic E-state index is 0.634. The van der Waals surface area contributed by atoms with E-state index in [1.807, 2.05) is 12.1 Å². The van der Waals surface area contributed by atoms with Crippen molar-refractivity contribution in [2.24, 2.45) is 11.8 Å². The molecule has 0 saturated heterocycles. The molecule has 0 spiro atoms. The van der Waals surface area contributed by atoms with Gasteiger partial charge in [0.15, 0.2) is 0 Å². The lowest BCUT2D eigenvalue weighted by molar-refractivity contribution is 0.289. The first kappa shape index (κ1) is 16.3. The molecule has 1 aromatic carbocycles. The number of hydrogen-bond donors (Lipinski definition) is 0. The highest BCUT2D eigenvalue weighted by Gasteiger charge is 2.18. The molecule has 0 N–H and O–H groups in total. The number of allylic oxidation sites excluding steroid dienone is 2. The highest BCUT2D eigenvalue weighted by atomic mass is 14.3. The smallest absolute Gasteiger partial charge is 0.0991 e. The number of nitriles is 2. The zero-order chi connectivity index (χ0) is 15.6. The van der Waals surface area contributed by atoms with Crippen molar-refractivity contribution in [1.29, 1.82) is 10.5 Å². The predicted molar refractivity (Wildman–Crippen MR) is 88.9 cm³/mol. The summed E-state index contributed by atoms with van der Waals surface area (Å²) in [5, 5.41) is 17.3. The van der Waals surface area contributed by atoms with E-state index in [-0.39, 0.29) is 0 Å². The van der Waals surface area contributed by atoms with Crippen LogP contribution < -0.4 is 0 Å². The number of unbranched alkanes of at least 4 members (excludes halogenated alkanes) is 1. The Balaban J connectivity index is 1.60. The number of aryl methyl sites for hydroxylation is 1. The molecule has 0 aromatic heterocycles. The minimum absolute atomic E-state index is 0.634. The molecule has 2 nitrogen and oxygen atoms in total. The lowest BCUT2D eigenvalue weighted by atomic mass is 9.79. The maximum Gasteiger partial charge on any atom is 0.0991 e. The van der Waals surface area contributed by atoms with Crippen LogP contribution in [-0.2, 0) is 6.42 Å². The minimum Gasteiger partial charge on any atom is -0.193 e. The van der Waals surface area contributed by atoms with Crippen molar-refractivity contribution in [3.63, 3.8) is 0 Å². The molecule has 114 valence electrons. The first-order valence-electron chi connectivity index (χ1n) is 8.37. The van der Waals surface area contributed by atoms with Gasteiger partial charge in [0.1, 0.15) is 0 Å². The summed E-state index contributed by atoms with van der Waals surface area (Å²) in [6.45, 7) is 0. The topological polar surface area (TPSA) is 47.6 Å². The van der Waals surface area contributed by atoms with Crippen LogP contribution in [0.2, 0.25) is 0 Å². The standard InChI is InChI=1S/C20H24N2/c21-15-3-6-19-9-7-17(8-10-19)4-1-2-5-18-11-13-20(16-22)14-12-18/h3,6,11-14,17,19H,1-2,4-5,7-10H2/b6-3+/t17-,19-. The van der Waals surface area contributed by atoms with Gasteiger partial charge in [-0.3, -0.25) is 0 Å². The van der Waals surface area contributed by atoms with Gasteiger partial charge in [-0.05, 0) is 68.1 Å². The summed E-state index contributed by atoms with van der Waals surface area (Å²) in [4.78, 5) is 0. The normalized spacial score (nSPS) is 21.4. The summed E-state index contributed by atoms with van der Waals surface area (Å²) in [5.74, 6) is 1.52. The fourth-order valence-corrected chi connectivity index (χ4v) is 3.36. The lowest BCUT2D eigenvalue weighted by Crippen LogP contribution is -2.13. The van der Waals surface area contributed by atoms with Gasteiger partial charge in [-0.25, -0.2) is 0 Å². The number of hydrogen-bond acceptors (Lipinski definition) is 2. The van der Waals surface area contributed by atoms with Crippen molar-refractivity contribution >= 4 is 0 Å². The van der Waals surface area contributed by atoms with Crippen LogP contribution in [-0.4, -0.2) is 0 Å². The number of nitrogens with zero attached hydrogens (tertiary/aromatic N) is 2.